The van der Waals surface area contributed by atoms with Gasteiger partial charge in [-0.25, -0.2) is 0 Å². The van der Waals surface area contributed by atoms with Gasteiger partial charge >= 0.3 is 23.9 Å². The Morgan fingerprint density at radius 2 is 1.50 bits per heavy atom. The van der Waals surface area contributed by atoms with Crippen molar-refractivity contribution in [2.24, 2.45) is 0 Å². The van der Waals surface area contributed by atoms with E-state index in [0.717, 1.165) is 27.7 Å². The Hall–Kier alpha value is -2.20. The molecule has 0 bridgehead atoms. The van der Waals surface area contributed by atoms with E-state index in [1.54, 1.807) is 0 Å². The summed E-state index contributed by atoms with van der Waals surface area (Å²) in [5.41, 5.74) is 0. The van der Waals surface area contributed by atoms with E-state index in [4.69, 9.17) is 23.7 Å². The Morgan fingerprint density at radius 1 is 0.958 bits per heavy atom. The van der Waals surface area contributed by atoms with Crippen LogP contribution in [0.2, 0.25) is 0 Å². The van der Waals surface area contributed by atoms with Crippen LogP contribution < -0.4 is 0 Å². The maximum absolute atomic E-state index is 11.4. The van der Waals surface area contributed by atoms with Crippen LogP contribution in [0.3, 0.4) is 0 Å². The van der Waals surface area contributed by atoms with Crippen LogP contribution in [-0.2, 0) is 42.9 Å². The van der Waals surface area contributed by atoms with E-state index < -0.39 is 54.6 Å². The highest BCUT2D eigenvalue weighted by atomic mass is 16.7. The standard InChI is InChI=1S/C14H20O10/c1-7(15)20-6-14(19)13(24-10(4)18)12(23-9(3)17)11(5-21-14)22-8(2)16/h11-13,19H,5-6H2,1-4H3/t11-,12-,13+,14?/m1/s1. The quantitative estimate of drug-likeness (QED) is 0.490. The average molecular weight is 348 g/mol. The minimum Gasteiger partial charge on any atom is -0.460 e. The highest BCUT2D eigenvalue weighted by Gasteiger charge is 2.56. The molecule has 10 nitrogen and oxygen atoms in total. The third kappa shape index (κ3) is 5.46. The molecule has 0 amide bonds. The first-order valence-corrected chi connectivity index (χ1v) is 7.06. The first kappa shape index (κ1) is 19.8. The Labute approximate surface area is 137 Å². The first-order valence-electron chi connectivity index (χ1n) is 7.06. The third-order valence-electron chi connectivity index (χ3n) is 3.00. The fourth-order valence-electron chi connectivity index (χ4n) is 2.17. The van der Waals surface area contributed by atoms with Crippen LogP contribution in [-0.4, -0.2) is 66.3 Å². The van der Waals surface area contributed by atoms with Gasteiger partial charge in [-0.2, -0.15) is 0 Å². The number of hydrogen-bond acceptors (Lipinski definition) is 10. The van der Waals surface area contributed by atoms with E-state index in [-0.39, 0.29) is 6.61 Å². The van der Waals surface area contributed by atoms with E-state index >= 15 is 0 Å². The summed E-state index contributed by atoms with van der Waals surface area (Å²) < 4.78 is 24.9. The predicted octanol–water partition coefficient (Wildman–Crippen LogP) is -0.937. The predicted molar refractivity (Wildman–Crippen MR) is 74.2 cm³/mol. The number of carbonyl (C=O) groups excluding carboxylic acids is 4. The van der Waals surface area contributed by atoms with Crippen molar-refractivity contribution in [2.45, 2.75) is 51.8 Å². The van der Waals surface area contributed by atoms with E-state index in [1.165, 1.54) is 0 Å². The summed E-state index contributed by atoms with van der Waals surface area (Å²) in [6, 6.07) is 0. The molecule has 1 heterocycles. The lowest BCUT2D eigenvalue weighted by atomic mass is 9.96. The van der Waals surface area contributed by atoms with Crippen molar-refractivity contribution in [1.29, 1.82) is 0 Å². The summed E-state index contributed by atoms with van der Waals surface area (Å²) >= 11 is 0. The largest absolute Gasteiger partial charge is 0.460 e. The number of esters is 4. The maximum Gasteiger partial charge on any atom is 0.303 e. The van der Waals surface area contributed by atoms with E-state index in [0.29, 0.717) is 0 Å². The molecule has 24 heavy (non-hydrogen) atoms. The molecule has 0 radical (unpaired) electrons. The summed E-state index contributed by atoms with van der Waals surface area (Å²) in [6.45, 7) is 3.35. The molecule has 1 aliphatic rings. The molecule has 0 saturated carbocycles. The zero-order chi connectivity index (χ0) is 18.5. The van der Waals surface area contributed by atoms with Crippen molar-refractivity contribution >= 4 is 23.9 Å². The molecular weight excluding hydrogens is 328 g/mol. The number of ether oxygens (including phenoxy) is 5. The lowest BCUT2D eigenvalue weighted by molar-refractivity contribution is -0.335. The molecule has 0 aromatic heterocycles. The summed E-state index contributed by atoms with van der Waals surface area (Å²) in [6.07, 6.45) is -4.03. The number of hydrogen-bond donors (Lipinski definition) is 1. The third-order valence-corrected chi connectivity index (χ3v) is 3.00. The minimum absolute atomic E-state index is 0.368. The molecule has 136 valence electrons. The van der Waals surface area contributed by atoms with Gasteiger partial charge in [-0.15, -0.1) is 0 Å². The molecule has 0 aliphatic carbocycles. The van der Waals surface area contributed by atoms with Crippen LogP contribution in [0.15, 0.2) is 0 Å². The minimum atomic E-state index is -2.27. The molecule has 1 unspecified atom stereocenters. The highest BCUT2D eigenvalue weighted by molar-refractivity contribution is 5.68. The molecule has 1 aliphatic heterocycles. The number of rotatable bonds is 5. The highest BCUT2D eigenvalue weighted by Crippen LogP contribution is 2.31. The topological polar surface area (TPSA) is 135 Å². The molecular formula is C14H20O10. The zero-order valence-corrected chi connectivity index (χ0v) is 13.8. The van der Waals surface area contributed by atoms with Gasteiger partial charge in [-0.3, -0.25) is 19.2 Å². The Morgan fingerprint density at radius 3 is 1.96 bits per heavy atom. The van der Waals surface area contributed by atoms with Crippen molar-refractivity contribution < 1.29 is 48.0 Å². The van der Waals surface area contributed by atoms with Crippen LogP contribution in [0, 0.1) is 0 Å². The summed E-state index contributed by atoms with van der Waals surface area (Å²) in [5, 5.41) is 10.6. The monoisotopic (exact) mass is 348 g/mol. The molecule has 1 fully saturated rings. The van der Waals surface area contributed by atoms with Crippen LogP contribution in [0.1, 0.15) is 27.7 Å². The second kappa shape index (κ2) is 8.06. The average Bonchev–Trinajstić information content (AvgIpc) is 2.43. The molecule has 1 rings (SSSR count). The SMILES string of the molecule is CC(=O)OCC1(O)OC[C@@H](OC(C)=O)[C@@H](OC(C)=O)[C@@H]1OC(C)=O. The fourth-order valence-corrected chi connectivity index (χ4v) is 2.17. The van der Waals surface area contributed by atoms with Crippen LogP contribution >= 0.6 is 0 Å². The van der Waals surface area contributed by atoms with E-state index in [2.05, 4.69) is 0 Å². The fraction of sp³-hybridized carbons (Fsp3) is 0.714. The molecule has 0 aromatic rings. The van der Waals surface area contributed by atoms with Gasteiger partial charge in [0.1, 0.15) is 6.61 Å². The van der Waals surface area contributed by atoms with Gasteiger partial charge in [-0.1, -0.05) is 0 Å². The lowest BCUT2D eigenvalue weighted by Crippen LogP contribution is -2.65. The van der Waals surface area contributed by atoms with Gasteiger partial charge in [0.25, 0.3) is 0 Å². The van der Waals surface area contributed by atoms with Gasteiger partial charge in [0, 0.05) is 27.7 Å². The van der Waals surface area contributed by atoms with Crippen LogP contribution in [0.5, 0.6) is 0 Å². The van der Waals surface area contributed by atoms with E-state index in [9.17, 15) is 24.3 Å². The van der Waals surface area contributed by atoms with Gasteiger partial charge in [-0.05, 0) is 0 Å². The molecule has 0 spiro atoms. The molecule has 4 atom stereocenters. The van der Waals surface area contributed by atoms with E-state index in [1.807, 2.05) is 0 Å². The Balaban J connectivity index is 3.14. The van der Waals surface area contributed by atoms with Gasteiger partial charge in [0.05, 0.1) is 6.61 Å². The van der Waals surface area contributed by atoms with Crippen molar-refractivity contribution in [3.05, 3.63) is 0 Å². The van der Waals surface area contributed by atoms with Crippen LogP contribution in [0.4, 0.5) is 0 Å². The normalized spacial score (nSPS) is 29.3. The summed E-state index contributed by atoms with van der Waals surface area (Å²) in [7, 11) is 0. The number of aliphatic hydroxyl groups is 1. The van der Waals surface area contributed by atoms with Crippen molar-refractivity contribution in [3.8, 4) is 0 Å². The van der Waals surface area contributed by atoms with Crippen molar-refractivity contribution in [2.75, 3.05) is 13.2 Å². The van der Waals surface area contributed by atoms with Crippen LogP contribution in [0.25, 0.3) is 0 Å². The van der Waals surface area contributed by atoms with Gasteiger partial charge in [0.2, 0.25) is 5.79 Å². The maximum atomic E-state index is 11.4. The molecule has 1 saturated heterocycles. The molecule has 1 N–H and O–H groups in total. The van der Waals surface area contributed by atoms with Gasteiger partial charge in [0.15, 0.2) is 18.3 Å². The van der Waals surface area contributed by atoms with Crippen molar-refractivity contribution in [3.63, 3.8) is 0 Å². The zero-order valence-electron chi connectivity index (χ0n) is 13.8. The lowest BCUT2D eigenvalue weighted by Gasteiger charge is -2.44. The smallest absolute Gasteiger partial charge is 0.303 e. The Kier molecular flexibility index (Phi) is 6.67. The number of carbonyl (C=O) groups is 4. The second-order valence-corrected chi connectivity index (χ2v) is 5.19. The second-order valence-electron chi connectivity index (χ2n) is 5.19. The molecule has 0 aromatic carbocycles. The molecule has 10 heteroatoms. The van der Waals surface area contributed by atoms with Gasteiger partial charge < -0.3 is 28.8 Å². The summed E-state index contributed by atoms with van der Waals surface area (Å²) in [5.74, 6) is -5.24. The Bertz CT molecular complexity index is 516. The summed E-state index contributed by atoms with van der Waals surface area (Å²) in [4.78, 5) is 44.9. The van der Waals surface area contributed by atoms with Crippen molar-refractivity contribution in [1.82, 2.24) is 0 Å². The first-order chi connectivity index (χ1) is 11.0.